The van der Waals surface area contributed by atoms with E-state index in [9.17, 15) is 8.42 Å². The molecule has 3 aliphatic rings. The number of hydrogen-bond donors (Lipinski definition) is 2. The summed E-state index contributed by atoms with van der Waals surface area (Å²) >= 11 is 0. The first-order valence-corrected chi connectivity index (χ1v) is 8.19. The van der Waals surface area contributed by atoms with Gasteiger partial charge in [-0.2, -0.15) is 0 Å². The lowest BCUT2D eigenvalue weighted by molar-refractivity contribution is 0.0974. The van der Waals surface area contributed by atoms with Crippen LogP contribution in [-0.4, -0.2) is 39.0 Å². The number of fused-ring (bicyclic) bond motifs is 3. The van der Waals surface area contributed by atoms with Crippen molar-refractivity contribution >= 4 is 15.7 Å². The molecular weight excluding hydrogens is 262 g/mol. The van der Waals surface area contributed by atoms with Crippen molar-refractivity contribution in [2.24, 2.45) is 11.1 Å². The number of anilines is 1. The zero-order valence-corrected chi connectivity index (χ0v) is 11.6. The van der Waals surface area contributed by atoms with Gasteiger partial charge in [-0.1, -0.05) is 12.1 Å². The number of para-hydroxylation sites is 1. The van der Waals surface area contributed by atoms with Crippen molar-refractivity contribution in [2.75, 3.05) is 25.0 Å². The molecule has 3 saturated heterocycles. The molecule has 3 heterocycles. The van der Waals surface area contributed by atoms with Crippen LogP contribution in [0.3, 0.4) is 0 Å². The van der Waals surface area contributed by atoms with Crippen LogP contribution in [0.1, 0.15) is 12.8 Å². The minimum Gasteiger partial charge on any atom is -0.380 e. The van der Waals surface area contributed by atoms with Crippen LogP contribution < -0.4 is 10.5 Å². The Morgan fingerprint density at radius 2 is 1.89 bits per heavy atom. The van der Waals surface area contributed by atoms with E-state index in [-0.39, 0.29) is 4.90 Å². The van der Waals surface area contributed by atoms with Gasteiger partial charge in [-0.05, 0) is 44.0 Å². The summed E-state index contributed by atoms with van der Waals surface area (Å²) in [6, 6.07) is 7.20. The minimum atomic E-state index is -3.67. The molecule has 0 aliphatic carbocycles. The topological polar surface area (TPSA) is 75.4 Å². The summed E-state index contributed by atoms with van der Waals surface area (Å²) in [4.78, 5) is 2.61. The molecule has 1 aromatic rings. The zero-order valence-electron chi connectivity index (χ0n) is 10.7. The average Bonchev–Trinajstić information content (AvgIpc) is 2.39. The Hall–Kier alpha value is -1.11. The summed E-state index contributed by atoms with van der Waals surface area (Å²) in [5.74, 6) is 0.638. The molecule has 1 atom stereocenters. The van der Waals surface area contributed by atoms with Gasteiger partial charge < -0.3 is 10.2 Å². The highest BCUT2D eigenvalue weighted by molar-refractivity contribution is 7.89. The molecule has 3 aliphatic heterocycles. The molecule has 4 rings (SSSR count). The second kappa shape index (κ2) is 4.77. The Morgan fingerprint density at radius 1 is 1.21 bits per heavy atom. The maximum atomic E-state index is 11.6. The quantitative estimate of drug-likeness (QED) is 0.861. The summed E-state index contributed by atoms with van der Waals surface area (Å²) in [5, 5.41) is 8.65. The fourth-order valence-electron chi connectivity index (χ4n) is 3.16. The number of nitrogens with one attached hydrogen (secondary N) is 1. The number of rotatable bonds is 3. The molecule has 0 spiro atoms. The second-order valence-corrected chi connectivity index (χ2v) is 6.96. The molecule has 3 fully saturated rings. The second-order valence-electron chi connectivity index (χ2n) is 5.43. The van der Waals surface area contributed by atoms with E-state index in [4.69, 9.17) is 5.14 Å². The smallest absolute Gasteiger partial charge is 0.240 e. The van der Waals surface area contributed by atoms with Gasteiger partial charge in [0, 0.05) is 12.6 Å². The van der Waals surface area contributed by atoms with E-state index in [2.05, 4.69) is 10.2 Å². The maximum Gasteiger partial charge on any atom is 0.240 e. The SMILES string of the molecule is NS(=O)(=O)c1ccccc1NC1CN2CCC1CC2. The lowest BCUT2D eigenvalue weighted by Crippen LogP contribution is -2.53. The van der Waals surface area contributed by atoms with Crippen molar-refractivity contribution in [3.8, 4) is 0 Å². The number of benzene rings is 1. The number of sulfonamides is 1. The van der Waals surface area contributed by atoms with E-state index < -0.39 is 10.0 Å². The van der Waals surface area contributed by atoms with Crippen LogP contribution >= 0.6 is 0 Å². The zero-order chi connectivity index (χ0) is 13.5. The normalized spacial score (nSPS) is 30.3. The number of nitrogens with two attached hydrogens (primary N) is 1. The highest BCUT2D eigenvalue weighted by Gasteiger charge is 2.34. The molecule has 1 unspecified atom stereocenters. The van der Waals surface area contributed by atoms with Crippen molar-refractivity contribution in [3.63, 3.8) is 0 Å². The Balaban J connectivity index is 1.84. The van der Waals surface area contributed by atoms with E-state index >= 15 is 0 Å². The van der Waals surface area contributed by atoms with Crippen molar-refractivity contribution in [1.29, 1.82) is 0 Å². The number of hydrogen-bond acceptors (Lipinski definition) is 4. The van der Waals surface area contributed by atoms with Gasteiger partial charge in [0.25, 0.3) is 0 Å². The summed E-state index contributed by atoms with van der Waals surface area (Å²) in [5.41, 5.74) is 0.628. The standard InChI is InChI=1S/C13H19N3O2S/c14-19(17,18)13-4-2-1-3-11(13)15-12-9-16-7-5-10(12)6-8-16/h1-4,10,12,15H,5-9H2,(H2,14,17,18). The highest BCUT2D eigenvalue weighted by atomic mass is 32.2. The molecule has 0 radical (unpaired) electrons. The molecule has 0 aromatic heterocycles. The van der Waals surface area contributed by atoms with E-state index in [1.807, 2.05) is 6.07 Å². The summed E-state index contributed by atoms with van der Waals surface area (Å²) < 4.78 is 23.2. The summed E-state index contributed by atoms with van der Waals surface area (Å²) in [7, 11) is -3.67. The van der Waals surface area contributed by atoms with Gasteiger partial charge in [-0.15, -0.1) is 0 Å². The number of piperidine rings is 3. The number of primary sulfonamides is 1. The van der Waals surface area contributed by atoms with Crippen molar-refractivity contribution in [3.05, 3.63) is 24.3 Å². The molecule has 5 nitrogen and oxygen atoms in total. The van der Waals surface area contributed by atoms with Gasteiger partial charge in [0.05, 0.1) is 5.69 Å². The Morgan fingerprint density at radius 3 is 2.47 bits per heavy atom. The van der Waals surface area contributed by atoms with Crippen molar-refractivity contribution in [1.82, 2.24) is 4.90 Å². The van der Waals surface area contributed by atoms with Crippen LogP contribution in [0.25, 0.3) is 0 Å². The Labute approximate surface area is 113 Å². The van der Waals surface area contributed by atoms with E-state index in [0.717, 1.165) is 6.54 Å². The van der Waals surface area contributed by atoms with E-state index in [0.29, 0.717) is 17.6 Å². The molecule has 0 amide bonds. The third-order valence-corrected chi connectivity index (χ3v) is 5.16. The van der Waals surface area contributed by atoms with Crippen LogP contribution in [0.15, 0.2) is 29.2 Å². The largest absolute Gasteiger partial charge is 0.380 e. The van der Waals surface area contributed by atoms with Gasteiger partial charge in [0.2, 0.25) is 10.0 Å². The average molecular weight is 281 g/mol. The molecule has 104 valence electrons. The van der Waals surface area contributed by atoms with Gasteiger partial charge in [0.1, 0.15) is 4.90 Å². The summed E-state index contributed by atoms with van der Waals surface area (Å²) in [6.07, 6.45) is 2.38. The van der Waals surface area contributed by atoms with Crippen molar-refractivity contribution < 1.29 is 8.42 Å². The first kappa shape index (κ1) is 12.9. The fraction of sp³-hybridized carbons (Fsp3) is 0.538. The highest BCUT2D eigenvalue weighted by Crippen LogP contribution is 2.31. The minimum absolute atomic E-state index is 0.187. The fourth-order valence-corrected chi connectivity index (χ4v) is 3.86. The Kier molecular flexibility index (Phi) is 3.24. The summed E-state index contributed by atoms with van der Waals surface area (Å²) in [6.45, 7) is 3.32. The predicted octanol–water partition coefficient (Wildman–Crippen LogP) is 0.840. The van der Waals surface area contributed by atoms with Gasteiger partial charge in [0.15, 0.2) is 0 Å². The third-order valence-electron chi connectivity index (χ3n) is 4.19. The molecule has 1 aromatic carbocycles. The molecule has 19 heavy (non-hydrogen) atoms. The van der Waals surface area contributed by atoms with Crippen LogP contribution in [0.2, 0.25) is 0 Å². The first-order chi connectivity index (χ1) is 9.04. The monoisotopic (exact) mass is 281 g/mol. The van der Waals surface area contributed by atoms with Gasteiger partial charge in [-0.3, -0.25) is 0 Å². The maximum absolute atomic E-state index is 11.6. The lowest BCUT2D eigenvalue weighted by atomic mass is 9.84. The van der Waals surface area contributed by atoms with Gasteiger partial charge >= 0.3 is 0 Å². The molecular formula is C13H19N3O2S. The van der Waals surface area contributed by atoms with Crippen molar-refractivity contribution in [2.45, 2.75) is 23.8 Å². The first-order valence-electron chi connectivity index (χ1n) is 6.65. The Bertz CT molecular complexity index is 565. The third kappa shape index (κ3) is 2.61. The predicted molar refractivity (Wildman–Crippen MR) is 74.4 cm³/mol. The molecule has 2 bridgehead atoms. The lowest BCUT2D eigenvalue weighted by Gasteiger charge is -2.45. The van der Waals surface area contributed by atoms with Crippen LogP contribution in [0.5, 0.6) is 0 Å². The van der Waals surface area contributed by atoms with E-state index in [1.54, 1.807) is 18.2 Å². The molecule has 0 saturated carbocycles. The molecule has 6 heteroatoms. The van der Waals surface area contributed by atoms with Crippen LogP contribution in [0, 0.1) is 5.92 Å². The van der Waals surface area contributed by atoms with Crippen LogP contribution in [-0.2, 0) is 10.0 Å². The van der Waals surface area contributed by atoms with Crippen LogP contribution in [0.4, 0.5) is 5.69 Å². The van der Waals surface area contributed by atoms with E-state index in [1.165, 1.54) is 25.9 Å². The molecule has 3 N–H and O–H groups in total. The number of nitrogens with zero attached hydrogens (tertiary/aromatic N) is 1. The van der Waals surface area contributed by atoms with Gasteiger partial charge in [-0.25, -0.2) is 13.6 Å².